The molecule has 22 heavy (non-hydrogen) atoms. The number of fused-ring (bicyclic) bond motifs is 2. The van der Waals surface area contributed by atoms with Crippen molar-refractivity contribution in [2.75, 3.05) is 6.54 Å². The molecule has 0 unspecified atom stereocenters. The number of para-hydroxylation sites is 1. The highest BCUT2D eigenvalue weighted by Crippen LogP contribution is 2.18. The van der Waals surface area contributed by atoms with Crippen molar-refractivity contribution < 1.29 is 4.39 Å². The molecule has 3 aromatic rings. The minimum Gasteiger partial charge on any atom is -0.355 e. The summed E-state index contributed by atoms with van der Waals surface area (Å²) in [5.41, 5.74) is 3.08. The van der Waals surface area contributed by atoms with Gasteiger partial charge in [-0.05, 0) is 12.1 Å². The largest absolute Gasteiger partial charge is 0.355 e. The standard InChI is InChI=1S/C16H15FN4O/c17-12-3-1-2-11-15(22)6-10(20-16(11)12)7-21-5-4-13-14(8-21)19-9-18-13/h1-3,6,9H,4-5,7-8H2,(H,18,19)(H,20,22). The number of aromatic nitrogens is 3. The second-order valence-corrected chi connectivity index (χ2v) is 5.61. The van der Waals surface area contributed by atoms with E-state index in [0.717, 1.165) is 36.6 Å². The first kappa shape index (κ1) is 13.2. The van der Waals surface area contributed by atoms with Crippen LogP contribution in [0.1, 0.15) is 17.1 Å². The SMILES string of the molecule is O=c1cc(CN2CCc3nc[nH]c3C2)[nH]c2c(F)cccc12. The van der Waals surface area contributed by atoms with Gasteiger partial charge in [0.25, 0.3) is 0 Å². The summed E-state index contributed by atoms with van der Waals surface area (Å²) in [5, 5.41) is 0.387. The lowest BCUT2D eigenvalue weighted by Crippen LogP contribution is -2.30. The fourth-order valence-electron chi connectivity index (χ4n) is 3.02. The molecule has 2 N–H and O–H groups in total. The van der Waals surface area contributed by atoms with E-state index in [0.29, 0.717) is 11.9 Å². The molecular formula is C16H15FN4O. The van der Waals surface area contributed by atoms with Crippen LogP contribution in [0.2, 0.25) is 0 Å². The second-order valence-electron chi connectivity index (χ2n) is 5.61. The van der Waals surface area contributed by atoms with E-state index < -0.39 is 5.82 Å². The van der Waals surface area contributed by atoms with E-state index in [4.69, 9.17) is 0 Å². The van der Waals surface area contributed by atoms with Crippen LogP contribution in [0.5, 0.6) is 0 Å². The van der Waals surface area contributed by atoms with Crippen molar-refractivity contribution in [2.45, 2.75) is 19.5 Å². The van der Waals surface area contributed by atoms with Gasteiger partial charge >= 0.3 is 0 Å². The van der Waals surface area contributed by atoms with Crippen molar-refractivity contribution in [3.63, 3.8) is 0 Å². The maximum absolute atomic E-state index is 13.9. The molecule has 2 aromatic heterocycles. The number of nitrogens with zero attached hydrogens (tertiary/aromatic N) is 2. The number of nitrogens with one attached hydrogen (secondary N) is 2. The van der Waals surface area contributed by atoms with Gasteiger partial charge in [0, 0.05) is 43.2 Å². The number of aromatic amines is 2. The third-order valence-corrected chi connectivity index (χ3v) is 4.12. The summed E-state index contributed by atoms with van der Waals surface area (Å²) < 4.78 is 13.9. The molecule has 3 heterocycles. The van der Waals surface area contributed by atoms with Gasteiger partial charge < -0.3 is 9.97 Å². The van der Waals surface area contributed by atoms with Crippen LogP contribution in [-0.4, -0.2) is 26.4 Å². The van der Waals surface area contributed by atoms with Gasteiger partial charge in [0.15, 0.2) is 5.43 Å². The topological polar surface area (TPSA) is 64.8 Å². The minimum atomic E-state index is -0.397. The van der Waals surface area contributed by atoms with Gasteiger partial charge in [-0.2, -0.15) is 0 Å². The third-order valence-electron chi connectivity index (χ3n) is 4.12. The van der Waals surface area contributed by atoms with Crippen molar-refractivity contribution in [3.05, 3.63) is 63.7 Å². The first-order chi connectivity index (χ1) is 10.7. The molecule has 1 aromatic carbocycles. The van der Waals surface area contributed by atoms with Gasteiger partial charge in [-0.1, -0.05) is 6.07 Å². The molecule has 0 aliphatic carbocycles. The normalized spacial score (nSPS) is 15.1. The zero-order valence-electron chi connectivity index (χ0n) is 11.9. The number of pyridine rings is 1. The summed E-state index contributed by atoms with van der Waals surface area (Å²) in [4.78, 5) is 24.8. The van der Waals surface area contributed by atoms with Crippen LogP contribution in [0, 0.1) is 5.82 Å². The fraction of sp³-hybridized carbons (Fsp3) is 0.250. The van der Waals surface area contributed by atoms with Gasteiger partial charge in [-0.15, -0.1) is 0 Å². The Balaban J connectivity index is 1.65. The smallest absolute Gasteiger partial charge is 0.189 e. The molecule has 6 heteroatoms. The first-order valence-corrected chi connectivity index (χ1v) is 7.24. The molecule has 0 spiro atoms. The Morgan fingerprint density at radius 3 is 3.18 bits per heavy atom. The fourth-order valence-corrected chi connectivity index (χ4v) is 3.02. The van der Waals surface area contributed by atoms with Crippen molar-refractivity contribution in [3.8, 4) is 0 Å². The highest BCUT2D eigenvalue weighted by atomic mass is 19.1. The van der Waals surface area contributed by atoms with Crippen molar-refractivity contribution in [1.29, 1.82) is 0 Å². The third kappa shape index (κ3) is 2.21. The summed E-state index contributed by atoms with van der Waals surface area (Å²) in [5.74, 6) is -0.397. The zero-order chi connectivity index (χ0) is 15.1. The minimum absolute atomic E-state index is 0.150. The van der Waals surface area contributed by atoms with E-state index in [1.165, 1.54) is 6.07 Å². The van der Waals surface area contributed by atoms with Gasteiger partial charge in [0.1, 0.15) is 5.82 Å². The Morgan fingerprint density at radius 1 is 1.36 bits per heavy atom. The molecule has 0 fully saturated rings. The molecule has 0 amide bonds. The quantitative estimate of drug-likeness (QED) is 0.760. The van der Waals surface area contributed by atoms with E-state index in [2.05, 4.69) is 19.9 Å². The van der Waals surface area contributed by atoms with Crippen molar-refractivity contribution in [2.24, 2.45) is 0 Å². The Bertz CT molecular complexity index is 899. The summed E-state index contributed by atoms with van der Waals surface area (Å²) in [6.45, 7) is 2.21. The Labute approximate surface area is 125 Å². The lowest BCUT2D eigenvalue weighted by atomic mass is 10.1. The molecule has 1 aliphatic heterocycles. The van der Waals surface area contributed by atoms with Crippen molar-refractivity contribution >= 4 is 10.9 Å². The van der Waals surface area contributed by atoms with Gasteiger partial charge in [0.05, 0.1) is 23.2 Å². The summed E-state index contributed by atoms with van der Waals surface area (Å²) in [6, 6.07) is 6.11. The van der Waals surface area contributed by atoms with E-state index in [1.807, 2.05) is 0 Å². The number of H-pyrrole nitrogens is 2. The molecular weight excluding hydrogens is 283 g/mol. The van der Waals surface area contributed by atoms with Gasteiger partial charge in [0.2, 0.25) is 0 Å². The predicted octanol–water partition coefficient (Wildman–Crippen LogP) is 1.95. The summed E-state index contributed by atoms with van der Waals surface area (Å²) in [6.07, 6.45) is 2.59. The Morgan fingerprint density at radius 2 is 2.27 bits per heavy atom. The Hall–Kier alpha value is -2.47. The van der Waals surface area contributed by atoms with E-state index in [1.54, 1.807) is 24.5 Å². The first-order valence-electron chi connectivity index (χ1n) is 7.24. The Kier molecular flexibility index (Phi) is 3.04. The van der Waals surface area contributed by atoms with Crippen molar-refractivity contribution in [1.82, 2.24) is 19.9 Å². The average molecular weight is 298 g/mol. The number of imidazole rings is 1. The van der Waals surface area contributed by atoms with Crippen LogP contribution in [0.25, 0.3) is 10.9 Å². The molecule has 0 saturated heterocycles. The number of hydrogen-bond donors (Lipinski definition) is 2. The van der Waals surface area contributed by atoms with Gasteiger partial charge in [-0.3, -0.25) is 9.69 Å². The van der Waals surface area contributed by atoms with E-state index in [9.17, 15) is 9.18 Å². The second kappa shape index (κ2) is 5.06. The molecule has 0 radical (unpaired) electrons. The molecule has 112 valence electrons. The van der Waals surface area contributed by atoms with Crippen LogP contribution < -0.4 is 5.43 Å². The molecule has 4 rings (SSSR count). The highest BCUT2D eigenvalue weighted by Gasteiger charge is 2.18. The maximum Gasteiger partial charge on any atom is 0.189 e. The molecule has 0 atom stereocenters. The average Bonchev–Trinajstić information content (AvgIpc) is 2.96. The summed E-state index contributed by atoms with van der Waals surface area (Å²) >= 11 is 0. The van der Waals surface area contributed by atoms with Crippen LogP contribution in [0.15, 0.2) is 35.4 Å². The van der Waals surface area contributed by atoms with Crippen LogP contribution in [0.3, 0.4) is 0 Å². The monoisotopic (exact) mass is 298 g/mol. The molecule has 1 aliphatic rings. The van der Waals surface area contributed by atoms with Crippen LogP contribution in [0.4, 0.5) is 4.39 Å². The van der Waals surface area contributed by atoms with E-state index in [-0.39, 0.29) is 10.9 Å². The van der Waals surface area contributed by atoms with E-state index >= 15 is 0 Å². The van der Waals surface area contributed by atoms with Crippen LogP contribution >= 0.6 is 0 Å². The summed E-state index contributed by atoms with van der Waals surface area (Å²) in [7, 11) is 0. The lowest BCUT2D eigenvalue weighted by molar-refractivity contribution is 0.239. The molecule has 0 bridgehead atoms. The lowest BCUT2D eigenvalue weighted by Gasteiger charge is -2.25. The van der Waals surface area contributed by atoms with Gasteiger partial charge in [-0.25, -0.2) is 9.37 Å². The number of hydrogen-bond acceptors (Lipinski definition) is 3. The highest BCUT2D eigenvalue weighted by molar-refractivity contribution is 5.78. The molecule has 0 saturated carbocycles. The maximum atomic E-state index is 13.9. The predicted molar refractivity (Wildman–Crippen MR) is 80.9 cm³/mol. The number of halogens is 1. The van der Waals surface area contributed by atoms with Crippen LogP contribution in [-0.2, 0) is 19.5 Å². The zero-order valence-corrected chi connectivity index (χ0v) is 11.9. The number of rotatable bonds is 2. The molecule has 5 nitrogen and oxygen atoms in total. The number of benzene rings is 1.